The molecule has 0 atom stereocenters. The molecule has 0 bridgehead atoms. The number of ether oxygens (including phenoxy) is 1. The molecule has 2 aromatic heterocycles. The van der Waals surface area contributed by atoms with E-state index in [1.54, 1.807) is 24.2 Å². The van der Waals surface area contributed by atoms with Gasteiger partial charge >= 0.3 is 0 Å². The number of hydrogen-bond acceptors (Lipinski definition) is 6. The predicted molar refractivity (Wildman–Crippen MR) is 70.0 cm³/mol. The zero-order valence-corrected chi connectivity index (χ0v) is 11.4. The summed E-state index contributed by atoms with van der Waals surface area (Å²) in [4.78, 5) is 12.8. The van der Waals surface area contributed by atoms with Gasteiger partial charge in [-0.05, 0) is 13.8 Å². The van der Waals surface area contributed by atoms with Crippen molar-refractivity contribution in [3.8, 4) is 5.95 Å². The van der Waals surface area contributed by atoms with Crippen molar-refractivity contribution in [2.24, 2.45) is 0 Å². The molecule has 0 fully saturated rings. The van der Waals surface area contributed by atoms with Gasteiger partial charge in [0.1, 0.15) is 11.6 Å². The molecule has 1 N–H and O–H groups in total. The van der Waals surface area contributed by atoms with E-state index in [1.807, 2.05) is 13.8 Å². The minimum Gasteiger partial charge on any atom is -0.383 e. The fraction of sp³-hybridized carbons (Fsp3) is 0.500. The second kappa shape index (κ2) is 6.35. The largest absolute Gasteiger partial charge is 0.383 e. The van der Waals surface area contributed by atoms with Crippen LogP contribution in [0.1, 0.15) is 17.2 Å². The van der Waals surface area contributed by atoms with Crippen molar-refractivity contribution in [3.05, 3.63) is 29.6 Å². The first-order valence-corrected chi connectivity index (χ1v) is 6.12. The molecule has 2 heterocycles. The molecule has 0 aromatic carbocycles. The van der Waals surface area contributed by atoms with Crippen molar-refractivity contribution in [2.45, 2.75) is 20.4 Å². The fourth-order valence-electron chi connectivity index (χ4n) is 1.67. The second-order valence-corrected chi connectivity index (χ2v) is 4.18. The Bertz CT molecular complexity index is 522. The topological polar surface area (TPSA) is 77.8 Å². The Balaban J connectivity index is 2.00. The molecule has 102 valence electrons. The summed E-state index contributed by atoms with van der Waals surface area (Å²) in [5.41, 5.74) is 1.02. The van der Waals surface area contributed by atoms with Gasteiger partial charge in [-0.25, -0.2) is 15.0 Å². The van der Waals surface area contributed by atoms with Crippen molar-refractivity contribution >= 4 is 0 Å². The number of nitrogens with zero attached hydrogens (tertiary/aromatic N) is 5. The molecule has 0 radical (unpaired) electrons. The number of rotatable bonds is 6. The molecule has 19 heavy (non-hydrogen) atoms. The number of aromatic nitrogens is 5. The minimum absolute atomic E-state index is 0.541. The summed E-state index contributed by atoms with van der Waals surface area (Å²) < 4.78 is 6.60. The van der Waals surface area contributed by atoms with Crippen molar-refractivity contribution in [1.29, 1.82) is 0 Å². The Morgan fingerprint density at radius 2 is 2.00 bits per heavy atom. The molecule has 0 unspecified atom stereocenters. The summed E-state index contributed by atoms with van der Waals surface area (Å²) in [7, 11) is 1.68. The van der Waals surface area contributed by atoms with E-state index in [0.29, 0.717) is 18.4 Å². The van der Waals surface area contributed by atoms with E-state index in [0.717, 1.165) is 24.5 Å². The van der Waals surface area contributed by atoms with Crippen molar-refractivity contribution in [2.75, 3.05) is 20.3 Å². The lowest BCUT2D eigenvalue weighted by Gasteiger charge is -2.05. The van der Waals surface area contributed by atoms with Gasteiger partial charge in [0.05, 0.1) is 6.61 Å². The van der Waals surface area contributed by atoms with Crippen LogP contribution in [0.2, 0.25) is 0 Å². The van der Waals surface area contributed by atoms with Crippen LogP contribution in [0.4, 0.5) is 0 Å². The third-order valence-electron chi connectivity index (χ3n) is 2.57. The molecular weight excluding hydrogens is 244 g/mol. The average molecular weight is 262 g/mol. The standard InChI is InChI=1S/C12H18N6O/c1-9-16-10(2)18(17-9)12-14-7-11(8-15-12)6-13-4-5-19-3/h7-8,13H,4-6H2,1-3H3. The molecule has 0 saturated carbocycles. The smallest absolute Gasteiger partial charge is 0.252 e. The van der Waals surface area contributed by atoms with Gasteiger partial charge in [-0.2, -0.15) is 4.68 Å². The average Bonchev–Trinajstić information content (AvgIpc) is 2.75. The highest BCUT2D eigenvalue weighted by molar-refractivity contribution is 5.15. The Morgan fingerprint density at radius 3 is 2.58 bits per heavy atom. The summed E-state index contributed by atoms with van der Waals surface area (Å²) in [6, 6.07) is 0. The van der Waals surface area contributed by atoms with E-state index in [2.05, 4.69) is 25.4 Å². The molecule has 7 nitrogen and oxygen atoms in total. The van der Waals surface area contributed by atoms with E-state index >= 15 is 0 Å². The van der Waals surface area contributed by atoms with Gasteiger partial charge in [0.15, 0.2) is 0 Å². The Labute approximate surface area is 112 Å². The molecule has 0 aliphatic rings. The molecule has 7 heteroatoms. The van der Waals surface area contributed by atoms with Crippen molar-refractivity contribution in [1.82, 2.24) is 30.0 Å². The van der Waals surface area contributed by atoms with Crippen LogP contribution in [0.25, 0.3) is 5.95 Å². The predicted octanol–water partition coefficient (Wildman–Crippen LogP) is 0.410. The molecule has 0 spiro atoms. The molecule has 0 saturated heterocycles. The summed E-state index contributed by atoms with van der Waals surface area (Å²) in [6.45, 7) is 5.94. The zero-order chi connectivity index (χ0) is 13.7. The van der Waals surface area contributed by atoms with Crippen LogP contribution in [0.3, 0.4) is 0 Å². The van der Waals surface area contributed by atoms with Crippen LogP contribution in [-0.4, -0.2) is 45.0 Å². The lowest BCUT2D eigenvalue weighted by Crippen LogP contribution is -2.19. The summed E-state index contributed by atoms with van der Waals surface area (Å²) in [6.07, 6.45) is 3.58. The maximum absolute atomic E-state index is 4.96. The second-order valence-electron chi connectivity index (χ2n) is 4.18. The highest BCUT2D eigenvalue weighted by atomic mass is 16.5. The van der Waals surface area contributed by atoms with Crippen LogP contribution in [0, 0.1) is 13.8 Å². The highest BCUT2D eigenvalue weighted by Crippen LogP contribution is 2.04. The van der Waals surface area contributed by atoms with Gasteiger partial charge < -0.3 is 10.1 Å². The number of hydrogen-bond donors (Lipinski definition) is 1. The first-order chi connectivity index (χ1) is 9.20. The molecule has 2 aromatic rings. The quantitative estimate of drug-likeness (QED) is 0.760. The maximum atomic E-state index is 4.96. The molecule has 0 aliphatic heterocycles. The minimum atomic E-state index is 0.541. The number of aryl methyl sites for hydroxylation is 2. The van der Waals surface area contributed by atoms with Crippen molar-refractivity contribution in [3.63, 3.8) is 0 Å². The Kier molecular flexibility index (Phi) is 4.53. The van der Waals surface area contributed by atoms with Gasteiger partial charge in [0.2, 0.25) is 0 Å². The SMILES string of the molecule is COCCNCc1cnc(-n2nc(C)nc2C)nc1. The van der Waals surface area contributed by atoms with E-state index < -0.39 is 0 Å². The van der Waals surface area contributed by atoms with Crippen LogP contribution >= 0.6 is 0 Å². The lowest BCUT2D eigenvalue weighted by atomic mass is 10.3. The van der Waals surface area contributed by atoms with Gasteiger partial charge in [-0.15, -0.1) is 5.10 Å². The fourth-order valence-corrected chi connectivity index (χ4v) is 1.67. The summed E-state index contributed by atoms with van der Waals surface area (Å²) in [5, 5.41) is 7.48. The molecular formula is C12H18N6O. The van der Waals surface area contributed by atoms with Crippen LogP contribution in [0.5, 0.6) is 0 Å². The molecule has 0 aliphatic carbocycles. The summed E-state index contributed by atoms with van der Waals surface area (Å²) in [5.74, 6) is 2.04. The lowest BCUT2D eigenvalue weighted by molar-refractivity contribution is 0.199. The Morgan fingerprint density at radius 1 is 1.26 bits per heavy atom. The highest BCUT2D eigenvalue weighted by Gasteiger charge is 2.07. The van der Waals surface area contributed by atoms with Crippen molar-refractivity contribution < 1.29 is 4.74 Å². The normalized spacial score (nSPS) is 10.9. The first kappa shape index (κ1) is 13.6. The van der Waals surface area contributed by atoms with Crippen LogP contribution < -0.4 is 5.32 Å². The number of nitrogens with one attached hydrogen (secondary N) is 1. The summed E-state index contributed by atoms with van der Waals surface area (Å²) >= 11 is 0. The van der Waals surface area contributed by atoms with Gasteiger partial charge in [-0.3, -0.25) is 0 Å². The van der Waals surface area contributed by atoms with Gasteiger partial charge in [0.25, 0.3) is 5.95 Å². The third kappa shape index (κ3) is 3.55. The molecule has 0 amide bonds. The Hall–Kier alpha value is -1.86. The maximum Gasteiger partial charge on any atom is 0.252 e. The van der Waals surface area contributed by atoms with E-state index in [9.17, 15) is 0 Å². The molecule has 2 rings (SSSR count). The third-order valence-corrected chi connectivity index (χ3v) is 2.57. The van der Waals surface area contributed by atoms with E-state index in [-0.39, 0.29) is 0 Å². The van der Waals surface area contributed by atoms with E-state index in [1.165, 1.54) is 0 Å². The zero-order valence-electron chi connectivity index (χ0n) is 11.4. The first-order valence-electron chi connectivity index (χ1n) is 6.12. The van der Waals surface area contributed by atoms with E-state index in [4.69, 9.17) is 4.74 Å². The van der Waals surface area contributed by atoms with Gasteiger partial charge in [0, 0.05) is 38.2 Å². The van der Waals surface area contributed by atoms with Gasteiger partial charge in [-0.1, -0.05) is 0 Å². The number of methoxy groups -OCH3 is 1. The van der Waals surface area contributed by atoms with Crippen LogP contribution in [-0.2, 0) is 11.3 Å². The monoisotopic (exact) mass is 262 g/mol. The van der Waals surface area contributed by atoms with Crippen LogP contribution in [0.15, 0.2) is 12.4 Å².